The molecule has 0 aromatic heterocycles. The summed E-state index contributed by atoms with van der Waals surface area (Å²) in [4.78, 5) is 24.0. The summed E-state index contributed by atoms with van der Waals surface area (Å²) in [5, 5.41) is 12.5. The molecule has 0 aliphatic carbocycles. The van der Waals surface area contributed by atoms with Crippen molar-refractivity contribution in [2.75, 3.05) is 0 Å². The quantitative estimate of drug-likeness (QED) is 0.545. The molecule has 2 aromatic carbocycles. The Morgan fingerprint density at radius 1 is 1.32 bits per heavy atom. The number of benzene rings is 2. The Hall–Kier alpha value is -2.28. The molecule has 2 atom stereocenters. The van der Waals surface area contributed by atoms with Crippen LogP contribution >= 0.6 is 11.6 Å². The van der Waals surface area contributed by atoms with E-state index in [4.69, 9.17) is 17.3 Å². The number of hydrogen-bond donors (Lipinski definition) is 3. The van der Waals surface area contributed by atoms with E-state index < -0.39 is 23.5 Å². The van der Waals surface area contributed by atoms with E-state index in [9.17, 15) is 14.7 Å². The lowest BCUT2D eigenvalue weighted by molar-refractivity contribution is -0.118. The molecular weight excluding hydrogens is 383 g/mol. The van der Waals surface area contributed by atoms with E-state index in [1.54, 1.807) is 25.1 Å². The Labute approximate surface area is 171 Å². The molecule has 0 saturated carbocycles. The minimum Gasteiger partial charge on any atom is -0.392 e. The van der Waals surface area contributed by atoms with Crippen LogP contribution < -0.4 is 11.1 Å². The molecule has 7 heteroatoms. The maximum atomic E-state index is 15.3. The zero-order chi connectivity index (χ0) is 20.8. The third-order valence-corrected chi connectivity index (χ3v) is 4.81. The van der Waals surface area contributed by atoms with Gasteiger partial charge in [0.25, 0.3) is 0 Å². The molecular formula is C21H28ClFN2O3. The second-order valence-electron chi connectivity index (χ2n) is 6.71. The second-order valence-corrected chi connectivity index (χ2v) is 7.12. The third-order valence-electron chi connectivity index (χ3n) is 4.50. The lowest BCUT2D eigenvalue weighted by Gasteiger charge is -2.23. The van der Waals surface area contributed by atoms with Gasteiger partial charge in [0, 0.05) is 32.5 Å². The summed E-state index contributed by atoms with van der Waals surface area (Å²) in [7, 11) is 0. The predicted octanol–water partition coefficient (Wildman–Crippen LogP) is 4.00. The first kappa shape index (κ1) is 22.0. The molecule has 154 valence electrons. The number of rotatable bonds is 9. The molecule has 0 aliphatic heterocycles. The average Bonchev–Trinajstić information content (AvgIpc) is 2.66. The summed E-state index contributed by atoms with van der Waals surface area (Å²) in [5.41, 5.74) is 6.09. The lowest BCUT2D eigenvalue weighted by Crippen LogP contribution is -2.34. The van der Waals surface area contributed by atoms with Crippen LogP contribution in [0.25, 0.3) is 0 Å². The third kappa shape index (κ3) is 5.16. The molecule has 2 aromatic rings. The first-order valence-corrected chi connectivity index (χ1v) is 9.43. The Balaban J connectivity index is 0.00000420. The maximum absolute atomic E-state index is 15.3. The van der Waals surface area contributed by atoms with Crippen LogP contribution in [0.2, 0.25) is 5.02 Å². The van der Waals surface area contributed by atoms with Crippen molar-refractivity contribution in [3.8, 4) is 0 Å². The van der Waals surface area contributed by atoms with Crippen molar-refractivity contribution in [2.24, 2.45) is 5.73 Å². The second kappa shape index (κ2) is 9.78. The zero-order valence-electron chi connectivity index (χ0n) is 15.8. The molecule has 4 N–H and O–H groups in total. The highest BCUT2D eigenvalue weighted by Crippen LogP contribution is 2.30. The zero-order valence-corrected chi connectivity index (χ0v) is 16.6. The largest absolute Gasteiger partial charge is 0.392 e. The molecule has 28 heavy (non-hydrogen) atoms. The molecule has 0 heterocycles. The average molecular weight is 411 g/mol. The molecule has 0 saturated heterocycles. The summed E-state index contributed by atoms with van der Waals surface area (Å²) >= 11 is 6.15. The van der Waals surface area contributed by atoms with Gasteiger partial charge >= 0.3 is 0 Å². The monoisotopic (exact) mass is 410 g/mol. The Bertz CT molecular complexity index is 883. The van der Waals surface area contributed by atoms with Crippen molar-refractivity contribution in [3.05, 3.63) is 69.5 Å². The first-order chi connectivity index (χ1) is 13.3. The highest BCUT2D eigenvalue weighted by atomic mass is 35.5. The fourth-order valence-corrected chi connectivity index (χ4v) is 3.36. The van der Waals surface area contributed by atoms with Crippen LogP contribution in [-0.4, -0.2) is 22.8 Å². The van der Waals surface area contributed by atoms with Gasteiger partial charge in [-0.25, -0.2) is 4.39 Å². The van der Waals surface area contributed by atoms with Crippen LogP contribution in [-0.2, 0) is 11.4 Å². The highest BCUT2D eigenvalue weighted by Gasteiger charge is 2.25. The van der Waals surface area contributed by atoms with Gasteiger partial charge in [0.15, 0.2) is 5.78 Å². The van der Waals surface area contributed by atoms with Crippen LogP contribution in [0.4, 0.5) is 4.39 Å². The van der Waals surface area contributed by atoms with E-state index in [0.717, 1.165) is 0 Å². The number of nitrogens with one attached hydrogen (secondary N) is 1. The van der Waals surface area contributed by atoms with Gasteiger partial charge in [-0.05, 0) is 31.0 Å². The van der Waals surface area contributed by atoms with Crippen molar-refractivity contribution in [1.29, 1.82) is 0 Å². The van der Waals surface area contributed by atoms with Gasteiger partial charge in [-0.3, -0.25) is 9.59 Å². The van der Waals surface area contributed by atoms with E-state index in [0.29, 0.717) is 17.5 Å². The van der Waals surface area contributed by atoms with Crippen LogP contribution in [0.3, 0.4) is 0 Å². The molecule has 0 spiro atoms. The molecule has 2 rings (SSSR count). The fourth-order valence-electron chi connectivity index (χ4n) is 3.13. The van der Waals surface area contributed by atoms with E-state index in [2.05, 4.69) is 5.32 Å². The van der Waals surface area contributed by atoms with Crippen LogP contribution in [0.5, 0.6) is 0 Å². The van der Waals surface area contributed by atoms with Crippen molar-refractivity contribution >= 4 is 23.3 Å². The number of amides is 1. The number of aliphatic hydroxyl groups excluding tert-OH is 1. The number of hydrogen-bond acceptors (Lipinski definition) is 4. The van der Waals surface area contributed by atoms with Crippen molar-refractivity contribution < 1.29 is 21.9 Å². The molecule has 1 amide bonds. The van der Waals surface area contributed by atoms with Gasteiger partial charge in [0.2, 0.25) is 5.91 Å². The number of ketones is 1. The van der Waals surface area contributed by atoms with Crippen molar-refractivity contribution in [1.82, 2.24) is 5.32 Å². The normalized spacial score (nSPS) is 13.2. The molecule has 0 aliphatic rings. The Morgan fingerprint density at radius 3 is 2.64 bits per heavy atom. The smallest absolute Gasteiger partial charge is 0.218 e. The molecule has 0 bridgehead atoms. The van der Waals surface area contributed by atoms with E-state index >= 15 is 4.39 Å². The van der Waals surface area contributed by atoms with Gasteiger partial charge in [0.1, 0.15) is 5.82 Å². The van der Waals surface area contributed by atoms with Crippen LogP contribution in [0.15, 0.2) is 36.4 Å². The number of carbonyl (C=O) groups excluding carboxylic acids is 2. The number of halogens is 2. The van der Waals surface area contributed by atoms with E-state index in [-0.39, 0.29) is 38.1 Å². The number of primary amides is 1. The Morgan fingerprint density at radius 2 is 2.04 bits per heavy atom. The minimum absolute atomic E-state index is 0. The summed E-state index contributed by atoms with van der Waals surface area (Å²) < 4.78 is 15.3. The minimum atomic E-state index is -0.697. The number of carbonyl (C=O) groups is 2. The first-order valence-electron chi connectivity index (χ1n) is 9.05. The summed E-state index contributed by atoms with van der Waals surface area (Å²) in [6.45, 7) is 3.43. The van der Waals surface area contributed by atoms with Gasteiger partial charge < -0.3 is 16.2 Å². The summed E-state index contributed by atoms with van der Waals surface area (Å²) in [6, 6.07) is 8.71. The topological polar surface area (TPSA) is 92.4 Å². The molecule has 0 fully saturated rings. The molecule has 0 unspecified atom stereocenters. The van der Waals surface area contributed by atoms with Gasteiger partial charge in [-0.15, -0.1) is 0 Å². The fraction of sp³-hybridized carbons (Fsp3) is 0.333. The standard InChI is InChI=1S/C21H24ClFN2O3.2H2/c1-3-17(25-12(2)9-18(24)27)15-7-8-16(22)19(20(15)23)21(28)14-6-4-5-13(10-14)11-26;;/h4-8,10,12,17,25-26H,3,9,11H2,1-2H3,(H2,24,27);2*1H/t12-,17+;;/m0../s1. The SMILES string of the molecule is CC[C@@H](N[C@@H](C)CC(N)=O)c1ccc(Cl)c(C(=O)c2cccc(CO)c2)c1F.[HH].[HH]. The number of aliphatic hydroxyl groups is 1. The van der Waals surface area contributed by atoms with Gasteiger partial charge in [-0.2, -0.15) is 0 Å². The molecule has 5 nitrogen and oxygen atoms in total. The summed E-state index contributed by atoms with van der Waals surface area (Å²) in [6.07, 6.45) is 0.654. The predicted molar refractivity (Wildman–Crippen MR) is 111 cm³/mol. The maximum Gasteiger partial charge on any atom is 0.218 e. The van der Waals surface area contributed by atoms with Crippen molar-refractivity contribution in [2.45, 2.75) is 45.4 Å². The van der Waals surface area contributed by atoms with Crippen LogP contribution in [0.1, 0.15) is 62.6 Å². The Kier molecular flexibility index (Phi) is 7.69. The molecule has 0 radical (unpaired) electrons. The van der Waals surface area contributed by atoms with Gasteiger partial charge in [0.05, 0.1) is 17.2 Å². The number of nitrogens with two attached hydrogens (primary N) is 1. The van der Waals surface area contributed by atoms with Gasteiger partial charge in [-0.1, -0.05) is 42.8 Å². The van der Waals surface area contributed by atoms with E-state index in [1.165, 1.54) is 18.2 Å². The van der Waals surface area contributed by atoms with Crippen LogP contribution in [0, 0.1) is 5.82 Å². The van der Waals surface area contributed by atoms with Crippen molar-refractivity contribution in [3.63, 3.8) is 0 Å². The highest BCUT2D eigenvalue weighted by molar-refractivity contribution is 6.35. The lowest BCUT2D eigenvalue weighted by atomic mass is 9.95. The summed E-state index contributed by atoms with van der Waals surface area (Å²) in [5.74, 6) is -1.71. The van der Waals surface area contributed by atoms with E-state index in [1.807, 2.05) is 6.92 Å².